The van der Waals surface area contributed by atoms with Crippen LogP contribution in [-0.4, -0.2) is 15.0 Å². The molecule has 3 rings (SSSR count). The summed E-state index contributed by atoms with van der Waals surface area (Å²) < 4.78 is 0. The maximum Gasteiger partial charge on any atom is 0.227 e. The van der Waals surface area contributed by atoms with Gasteiger partial charge in [-0.15, -0.1) is 0 Å². The molecule has 0 saturated heterocycles. The van der Waals surface area contributed by atoms with Crippen molar-refractivity contribution in [2.75, 3.05) is 11.1 Å². The molecular weight excluding hydrogens is 250 g/mol. The van der Waals surface area contributed by atoms with Gasteiger partial charge in [-0.3, -0.25) is 0 Å². The minimum atomic E-state index is 0.234. The van der Waals surface area contributed by atoms with Crippen molar-refractivity contribution in [3.8, 4) is 0 Å². The molecule has 0 spiro atoms. The number of benzene rings is 2. The molecule has 0 unspecified atom stereocenters. The summed E-state index contributed by atoms with van der Waals surface area (Å²) in [7, 11) is 0. The van der Waals surface area contributed by atoms with Gasteiger partial charge in [-0.1, -0.05) is 42.5 Å². The number of fused-ring (bicyclic) bond motifs is 1. The van der Waals surface area contributed by atoms with Gasteiger partial charge in [0.05, 0.1) is 0 Å². The summed E-state index contributed by atoms with van der Waals surface area (Å²) in [4.78, 5) is 12.2. The normalized spacial score (nSPS) is 10.7. The maximum absolute atomic E-state index is 5.62. The molecule has 0 saturated carbocycles. The van der Waals surface area contributed by atoms with Gasteiger partial charge < -0.3 is 11.1 Å². The van der Waals surface area contributed by atoms with Crippen molar-refractivity contribution >= 4 is 22.7 Å². The third kappa shape index (κ3) is 2.51. The van der Waals surface area contributed by atoms with Crippen LogP contribution in [0.5, 0.6) is 0 Å². The molecule has 5 nitrogen and oxygen atoms in total. The van der Waals surface area contributed by atoms with Crippen molar-refractivity contribution in [2.45, 2.75) is 13.5 Å². The number of aromatic nitrogens is 3. The zero-order valence-electron chi connectivity index (χ0n) is 11.2. The van der Waals surface area contributed by atoms with E-state index in [0.29, 0.717) is 18.3 Å². The van der Waals surface area contributed by atoms with Crippen molar-refractivity contribution in [3.05, 3.63) is 53.9 Å². The fourth-order valence-corrected chi connectivity index (χ4v) is 2.20. The van der Waals surface area contributed by atoms with E-state index in [0.717, 1.165) is 0 Å². The number of anilines is 2. The van der Waals surface area contributed by atoms with Crippen LogP contribution >= 0.6 is 0 Å². The Labute approximate surface area is 116 Å². The van der Waals surface area contributed by atoms with Crippen LogP contribution in [0.2, 0.25) is 0 Å². The largest absolute Gasteiger partial charge is 0.368 e. The number of nitrogens with two attached hydrogens (primary N) is 1. The molecular formula is C15H15N5. The van der Waals surface area contributed by atoms with Crippen molar-refractivity contribution in [3.63, 3.8) is 0 Å². The summed E-state index contributed by atoms with van der Waals surface area (Å²) >= 11 is 0. The SMILES string of the molecule is Cc1nc(N)nc(NCc2cccc3ccccc23)n1. The molecule has 100 valence electrons. The summed E-state index contributed by atoms with van der Waals surface area (Å²) in [5, 5.41) is 5.64. The number of nitrogens with zero attached hydrogens (tertiary/aromatic N) is 3. The van der Waals surface area contributed by atoms with Gasteiger partial charge in [-0.25, -0.2) is 0 Å². The van der Waals surface area contributed by atoms with Gasteiger partial charge in [0.1, 0.15) is 5.82 Å². The van der Waals surface area contributed by atoms with E-state index in [1.165, 1.54) is 16.3 Å². The highest BCUT2D eigenvalue weighted by Crippen LogP contribution is 2.19. The van der Waals surface area contributed by atoms with Gasteiger partial charge in [0.15, 0.2) is 0 Å². The highest BCUT2D eigenvalue weighted by Gasteiger charge is 2.03. The standard InChI is InChI=1S/C15H15N5/c1-10-18-14(16)20-15(19-10)17-9-12-7-4-6-11-5-2-3-8-13(11)12/h2-8H,9H2,1H3,(H3,16,17,18,19,20). The fraction of sp³-hybridized carbons (Fsp3) is 0.133. The maximum atomic E-state index is 5.62. The second-order valence-electron chi connectivity index (χ2n) is 4.56. The van der Waals surface area contributed by atoms with Crippen LogP contribution in [-0.2, 0) is 6.54 Å². The van der Waals surface area contributed by atoms with E-state index in [1.807, 2.05) is 18.2 Å². The number of rotatable bonds is 3. The molecule has 0 aliphatic carbocycles. The molecule has 0 radical (unpaired) electrons. The van der Waals surface area contributed by atoms with Crippen LogP contribution in [0, 0.1) is 6.92 Å². The third-order valence-electron chi connectivity index (χ3n) is 3.08. The Hall–Kier alpha value is -2.69. The first-order valence-corrected chi connectivity index (χ1v) is 6.41. The van der Waals surface area contributed by atoms with Crippen molar-refractivity contribution in [1.29, 1.82) is 0 Å². The van der Waals surface area contributed by atoms with E-state index in [2.05, 4.69) is 44.5 Å². The summed E-state index contributed by atoms with van der Waals surface area (Å²) in [6, 6.07) is 14.5. The quantitative estimate of drug-likeness (QED) is 0.761. The van der Waals surface area contributed by atoms with Crippen LogP contribution in [0.1, 0.15) is 11.4 Å². The molecule has 20 heavy (non-hydrogen) atoms. The first-order chi connectivity index (χ1) is 9.72. The number of hydrogen-bond acceptors (Lipinski definition) is 5. The van der Waals surface area contributed by atoms with E-state index in [9.17, 15) is 0 Å². The fourth-order valence-electron chi connectivity index (χ4n) is 2.20. The van der Waals surface area contributed by atoms with Crippen LogP contribution in [0.15, 0.2) is 42.5 Å². The molecule has 0 amide bonds. The molecule has 5 heteroatoms. The lowest BCUT2D eigenvalue weighted by atomic mass is 10.0. The van der Waals surface area contributed by atoms with Gasteiger partial charge in [-0.2, -0.15) is 15.0 Å². The Kier molecular flexibility index (Phi) is 3.16. The summed E-state index contributed by atoms with van der Waals surface area (Å²) in [6.07, 6.45) is 0. The lowest BCUT2D eigenvalue weighted by Crippen LogP contribution is -2.08. The Morgan fingerprint density at radius 1 is 1.00 bits per heavy atom. The first kappa shape index (κ1) is 12.3. The second kappa shape index (κ2) is 5.13. The minimum Gasteiger partial charge on any atom is -0.368 e. The summed E-state index contributed by atoms with van der Waals surface area (Å²) in [5.41, 5.74) is 6.81. The first-order valence-electron chi connectivity index (χ1n) is 6.41. The highest BCUT2D eigenvalue weighted by molar-refractivity contribution is 5.85. The van der Waals surface area contributed by atoms with Gasteiger partial charge in [0.25, 0.3) is 0 Å². The van der Waals surface area contributed by atoms with Crippen LogP contribution < -0.4 is 11.1 Å². The van der Waals surface area contributed by atoms with Crippen LogP contribution in [0.3, 0.4) is 0 Å². The Morgan fingerprint density at radius 3 is 2.65 bits per heavy atom. The Bertz CT molecular complexity index is 729. The van der Waals surface area contributed by atoms with Gasteiger partial charge in [0.2, 0.25) is 11.9 Å². The molecule has 1 aromatic heterocycles. The topological polar surface area (TPSA) is 76.7 Å². The molecule has 3 aromatic rings. The van der Waals surface area contributed by atoms with Crippen LogP contribution in [0.4, 0.5) is 11.9 Å². The van der Waals surface area contributed by atoms with E-state index in [4.69, 9.17) is 5.73 Å². The lowest BCUT2D eigenvalue weighted by molar-refractivity contribution is 0.965. The predicted molar refractivity (Wildman–Crippen MR) is 80.3 cm³/mol. The second-order valence-corrected chi connectivity index (χ2v) is 4.56. The van der Waals surface area contributed by atoms with E-state index >= 15 is 0 Å². The highest BCUT2D eigenvalue weighted by atomic mass is 15.2. The smallest absolute Gasteiger partial charge is 0.227 e. The molecule has 1 heterocycles. The molecule has 0 bridgehead atoms. The van der Waals surface area contributed by atoms with E-state index in [1.54, 1.807) is 6.92 Å². The molecule has 0 aliphatic heterocycles. The minimum absolute atomic E-state index is 0.234. The molecule has 0 aliphatic rings. The lowest BCUT2D eigenvalue weighted by Gasteiger charge is -2.08. The third-order valence-corrected chi connectivity index (χ3v) is 3.08. The van der Waals surface area contributed by atoms with Gasteiger partial charge in [0, 0.05) is 6.54 Å². The van der Waals surface area contributed by atoms with E-state index in [-0.39, 0.29) is 5.95 Å². The average molecular weight is 265 g/mol. The Morgan fingerprint density at radius 2 is 1.80 bits per heavy atom. The van der Waals surface area contributed by atoms with Crippen molar-refractivity contribution in [1.82, 2.24) is 15.0 Å². The van der Waals surface area contributed by atoms with E-state index < -0.39 is 0 Å². The zero-order valence-corrected chi connectivity index (χ0v) is 11.2. The average Bonchev–Trinajstić information content (AvgIpc) is 2.44. The number of nitrogens with one attached hydrogen (secondary N) is 1. The number of aryl methyl sites for hydroxylation is 1. The monoisotopic (exact) mass is 265 g/mol. The summed E-state index contributed by atoms with van der Waals surface area (Å²) in [6.45, 7) is 2.44. The van der Waals surface area contributed by atoms with Gasteiger partial charge >= 0.3 is 0 Å². The zero-order chi connectivity index (χ0) is 13.9. The predicted octanol–water partition coefficient (Wildman–Crippen LogP) is 2.53. The van der Waals surface area contributed by atoms with Crippen LogP contribution in [0.25, 0.3) is 10.8 Å². The van der Waals surface area contributed by atoms with Crippen molar-refractivity contribution < 1.29 is 0 Å². The van der Waals surface area contributed by atoms with Gasteiger partial charge in [-0.05, 0) is 23.3 Å². The van der Waals surface area contributed by atoms with Crippen molar-refractivity contribution in [2.24, 2.45) is 0 Å². The Balaban J connectivity index is 1.87. The molecule has 3 N–H and O–H groups in total. The number of nitrogen functional groups attached to an aromatic ring is 1. The summed E-state index contributed by atoms with van der Waals surface area (Å²) in [5.74, 6) is 1.35. The molecule has 0 fully saturated rings. The molecule has 0 atom stereocenters. The molecule has 2 aromatic carbocycles. The number of hydrogen-bond donors (Lipinski definition) is 2.